The fourth-order valence-electron chi connectivity index (χ4n) is 1.47. The Bertz CT molecular complexity index is 414. The van der Waals surface area contributed by atoms with Crippen molar-refractivity contribution < 1.29 is 9.18 Å². The van der Waals surface area contributed by atoms with Gasteiger partial charge in [0.25, 0.3) is 0 Å². The average molecular weight is 318 g/mol. The molecule has 1 aromatic rings. The van der Waals surface area contributed by atoms with Crippen LogP contribution in [0.15, 0.2) is 22.7 Å². The van der Waals surface area contributed by atoms with Crippen molar-refractivity contribution in [3.8, 4) is 0 Å². The van der Waals surface area contributed by atoms with Gasteiger partial charge in [-0.15, -0.1) is 0 Å². The number of benzene rings is 1. The van der Waals surface area contributed by atoms with Crippen molar-refractivity contribution in [1.29, 1.82) is 0 Å². The van der Waals surface area contributed by atoms with Crippen molar-refractivity contribution in [3.05, 3.63) is 28.5 Å². The fraction of sp³-hybridized carbons (Fsp3) is 0.417. The minimum Gasteiger partial charge on any atom is -0.330 e. The van der Waals surface area contributed by atoms with E-state index in [0.717, 1.165) is 13.0 Å². The molecule has 100 valence electrons. The van der Waals surface area contributed by atoms with E-state index in [-0.39, 0.29) is 18.1 Å². The van der Waals surface area contributed by atoms with Gasteiger partial charge in [0.05, 0.1) is 12.2 Å². The summed E-state index contributed by atoms with van der Waals surface area (Å²) in [5, 5.41) is 2.54. The Morgan fingerprint density at radius 3 is 2.89 bits per heavy atom. The lowest BCUT2D eigenvalue weighted by molar-refractivity contribution is -0.117. The van der Waals surface area contributed by atoms with E-state index in [4.69, 9.17) is 5.73 Å². The summed E-state index contributed by atoms with van der Waals surface area (Å²) in [4.78, 5) is 13.5. The molecule has 0 fully saturated rings. The second-order valence-corrected chi connectivity index (χ2v) is 4.97. The highest BCUT2D eigenvalue weighted by atomic mass is 79.9. The lowest BCUT2D eigenvalue weighted by Gasteiger charge is -2.15. The van der Waals surface area contributed by atoms with Crippen LogP contribution in [0.4, 0.5) is 10.1 Å². The molecule has 0 aromatic heterocycles. The van der Waals surface area contributed by atoms with Crippen LogP contribution in [-0.2, 0) is 4.79 Å². The highest BCUT2D eigenvalue weighted by molar-refractivity contribution is 9.10. The van der Waals surface area contributed by atoms with Crippen LogP contribution < -0.4 is 11.1 Å². The maximum Gasteiger partial charge on any atom is 0.238 e. The van der Waals surface area contributed by atoms with Crippen molar-refractivity contribution in [2.45, 2.75) is 6.42 Å². The van der Waals surface area contributed by atoms with E-state index < -0.39 is 5.82 Å². The van der Waals surface area contributed by atoms with Gasteiger partial charge in [-0.3, -0.25) is 9.69 Å². The zero-order valence-electron chi connectivity index (χ0n) is 10.2. The highest BCUT2D eigenvalue weighted by Gasteiger charge is 2.09. The first-order chi connectivity index (χ1) is 8.52. The zero-order valence-corrected chi connectivity index (χ0v) is 11.8. The Balaban J connectivity index is 2.49. The average Bonchev–Trinajstić information content (AvgIpc) is 2.30. The second kappa shape index (κ2) is 7.45. The van der Waals surface area contributed by atoms with Crippen LogP contribution in [0, 0.1) is 5.82 Å². The fourth-order valence-corrected chi connectivity index (χ4v) is 1.80. The molecule has 1 amide bonds. The summed E-state index contributed by atoms with van der Waals surface area (Å²) >= 11 is 3.16. The van der Waals surface area contributed by atoms with Crippen LogP contribution in [0.25, 0.3) is 0 Å². The number of hydrogen-bond acceptors (Lipinski definition) is 3. The van der Waals surface area contributed by atoms with Crippen molar-refractivity contribution in [1.82, 2.24) is 4.90 Å². The number of carbonyl (C=O) groups is 1. The molecule has 0 bridgehead atoms. The Morgan fingerprint density at radius 2 is 2.28 bits per heavy atom. The number of hydrogen-bond donors (Lipinski definition) is 2. The summed E-state index contributed by atoms with van der Waals surface area (Å²) in [6.07, 6.45) is 0.830. The molecule has 0 aliphatic rings. The maximum atomic E-state index is 13.5. The number of halogens is 2. The standard InChI is InChI=1S/C12H17BrFN3O/c1-17(6-2-5-15)8-12(18)16-11-4-3-9(13)7-10(11)14/h3-4,7H,2,5-6,8,15H2,1H3,(H,16,18). The van der Waals surface area contributed by atoms with Gasteiger partial charge in [-0.1, -0.05) is 15.9 Å². The van der Waals surface area contributed by atoms with Gasteiger partial charge >= 0.3 is 0 Å². The Labute approximate surface area is 114 Å². The molecule has 4 nitrogen and oxygen atoms in total. The number of anilines is 1. The largest absolute Gasteiger partial charge is 0.330 e. The number of carbonyl (C=O) groups excluding carboxylic acids is 1. The smallest absolute Gasteiger partial charge is 0.238 e. The minimum atomic E-state index is -0.456. The molecule has 3 N–H and O–H groups in total. The van der Waals surface area contributed by atoms with Gasteiger partial charge in [0, 0.05) is 4.47 Å². The number of rotatable bonds is 6. The molecule has 0 unspecified atom stereocenters. The quantitative estimate of drug-likeness (QED) is 0.841. The minimum absolute atomic E-state index is 0.190. The third kappa shape index (κ3) is 5.12. The number of nitrogens with one attached hydrogen (secondary N) is 1. The van der Waals surface area contributed by atoms with Gasteiger partial charge in [-0.25, -0.2) is 4.39 Å². The SMILES string of the molecule is CN(CCCN)CC(=O)Nc1ccc(Br)cc1F. The third-order valence-corrected chi connectivity index (χ3v) is 2.86. The van der Waals surface area contributed by atoms with Gasteiger partial charge in [0.1, 0.15) is 5.82 Å². The third-order valence-electron chi connectivity index (χ3n) is 2.36. The predicted octanol–water partition coefficient (Wildman–Crippen LogP) is 1.81. The summed E-state index contributed by atoms with van der Waals surface area (Å²) in [5.41, 5.74) is 5.57. The lowest BCUT2D eigenvalue weighted by Crippen LogP contribution is -2.31. The topological polar surface area (TPSA) is 58.4 Å². The predicted molar refractivity (Wildman–Crippen MR) is 73.9 cm³/mol. The highest BCUT2D eigenvalue weighted by Crippen LogP contribution is 2.19. The lowest BCUT2D eigenvalue weighted by atomic mass is 10.3. The van der Waals surface area contributed by atoms with E-state index in [2.05, 4.69) is 21.2 Å². The first-order valence-corrected chi connectivity index (χ1v) is 6.45. The number of likely N-dealkylation sites (N-methyl/N-ethyl adjacent to an activating group) is 1. The first kappa shape index (κ1) is 15.1. The zero-order chi connectivity index (χ0) is 13.5. The van der Waals surface area contributed by atoms with E-state index in [0.29, 0.717) is 11.0 Å². The maximum absolute atomic E-state index is 13.5. The molecule has 0 saturated heterocycles. The molecule has 0 atom stereocenters. The van der Waals surface area contributed by atoms with Crippen LogP contribution in [0.3, 0.4) is 0 Å². The second-order valence-electron chi connectivity index (χ2n) is 4.05. The normalized spacial score (nSPS) is 10.7. The molecular weight excluding hydrogens is 301 g/mol. The van der Waals surface area contributed by atoms with Gasteiger partial charge in [-0.05, 0) is 44.8 Å². The molecule has 1 aromatic carbocycles. The van der Waals surface area contributed by atoms with Gasteiger partial charge in [0.15, 0.2) is 0 Å². The Kier molecular flexibility index (Phi) is 6.24. The molecule has 0 saturated carbocycles. The van der Waals surface area contributed by atoms with E-state index in [1.54, 1.807) is 6.07 Å². The molecule has 0 radical (unpaired) electrons. The van der Waals surface area contributed by atoms with Crippen LogP contribution in [-0.4, -0.2) is 37.5 Å². The molecule has 1 rings (SSSR count). The molecule has 0 spiro atoms. The van der Waals surface area contributed by atoms with Crippen LogP contribution in [0.1, 0.15) is 6.42 Å². The molecule has 0 aliphatic carbocycles. The molecule has 0 aliphatic heterocycles. The van der Waals surface area contributed by atoms with E-state index in [1.807, 2.05) is 11.9 Å². The molecular formula is C12H17BrFN3O. The summed E-state index contributed by atoms with van der Waals surface area (Å²) in [6.45, 7) is 1.55. The molecule has 0 heterocycles. The van der Waals surface area contributed by atoms with Gasteiger partial charge in [-0.2, -0.15) is 0 Å². The van der Waals surface area contributed by atoms with Crippen molar-refractivity contribution >= 4 is 27.5 Å². The summed E-state index contributed by atoms with van der Waals surface area (Å²) < 4.78 is 14.1. The van der Waals surface area contributed by atoms with E-state index >= 15 is 0 Å². The van der Waals surface area contributed by atoms with Crippen molar-refractivity contribution in [3.63, 3.8) is 0 Å². The van der Waals surface area contributed by atoms with Crippen molar-refractivity contribution in [2.24, 2.45) is 5.73 Å². The van der Waals surface area contributed by atoms with Gasteiger partial charge < -0.3 is 11.1 Å². The van der Waals surface area contributed by atoms with Crippen LogP contribution in [0.2, 0.25) is 0 Å². The number of nitrogens with zero attached hydrogens (tertiary/aromatic N) is 1. The summed E-state index contributed by atoms with van der Waals surface area (Å²) in [6, 6.07) is 4.52. The first-order valence-electron chi connectivity index (χ1n) is 5.66. The van der Waals surface area contributed by atoms with E-state index in [9.17, 15) is 9.18 Å². The van der Waals surface area contributed by atoms with Gasteiger partial charge in [0.2, 0.25) is 5.91 Å². The number of amides is 1. The van der Waals surface area contributed by atoms with E-state index in [1.165, 1.54) is 12.1 Å². The Hall–Kier alpha value is -0.980. The molecule has 18 heavy (non-hydrogen) atoms. The van der Waals surface area contributed by atoms with Crippen molar-refractivity contribution in [2.75, 3.05) is 32.0 Å². The monoisotopic (exact) mass is 317 g/mol. The van der Waals surface area contributed by atoms with Crippen LogP contribution in [0.5, 0.6) is 0 Å². The number of nitrogens with two attached hydrogens (primary N) is 1. The van der Waals surface area contributed by atoms with Crippen LogP contribution >= 0.6 is 15.9 Å². The summed E-state index contributed by atoms with van der Waals surface area (Å²) in [5.74, 6) is -0.696. The Morgan fingerprint density at radius 1 is 1.56 bits per heavy atom. The molecule has 6 heteroatoms. The summed E-state index contributed by atoms with van der Waals surface area (Å²) in [7, 11) is 1.83.